The van der Waals surface area contributed by atoms with Gasteiger partial charge in [-0.25, -0.2) is 13.1 Å². The molecular formula is C7H17NO2S. The Labute approximate surface area is 69.2 Å². The largest absolute Gasteiger partial charge is 0.214 e. The summed E-state index contributed by atoms with van der Waals surface area (Å²) in [5, 5.41) is -0.0881. The highest BCUT2D eigenvalue weighted by molar-refractivity contribution is 7.90. The van der Waals surface area contributed by atoms with E-state index in [0.717, 1.165) is 12.8 Å². The minimum absolute atomic E-state index is 0. The maximum Gasteiger partial charge on any atom is 0.214 e. The summed E-state index contributed by atoms with van der Waals surface area (Å²) < 4.78 is 24.7. The third-order valence-electron chi connectivity index (χ3n) is 1.36. The summed E-state index contributed by atoms with van der Waals surface area (Å²) in [5.74, 6) is 0. The van der Waals surface area contributed by atoms with Crippen LogP contribution in [-0.4, -0.2) is 19.7 Å². The SMILES string of the molecule is C.CC(C)NS(=O)(=O)C1CC1. The number of rotatable bonds is 3. The Morgan fingerprint density at radius 2 is 1.82 bits per heavy atom. The molecule has 0 amide bonds. The Bertz CT molecular complexity index is 204. The summed E-state index contributed by atoms with van der Waals surface area (Å²) in [4.78, 5) is 0. The molecule has 1 N–H and O–H groups in total. The van der Waals surface area contributed by atoms with Gasteiger partial charge in [-0.1, -0.05) is 7.43 Å². The van der Waals surface area contributed by atoms with Crippen LogP contribution in [0.1, 0.15) is 34.1 Å². The van der Waals surface area contributed by atoms with Gasteiger partial charge in [-0.15, -0.1) is 0 Å². The predicted molar refractivity (Wildman–Crippen MR) is 46.9 cm³/mol. The van der Waals surface area contributed by atoms with Crippen LogP contribution in [0.5, 0.6) is 0 Å². The van der Waals surface area contributed by atoms with Crippen LogP contribution in [0.2, 0.25) is 0 Å². The predicted octanol–water partition coefficient (Wildman–Crippen LogP) is 1.11. The van der Waals surface area contributed by atoms with Gasteiger partial charge in [0.25, 0.3) is 0 Å². The maximum atomic E-state index is 11.1. The first-order chi connectivity index (χ1) is 4.52. The van der Waals surface area contributed by atoms with E-state index in [2.05, 4.69) is 4.72 Å². The molecule has 0 aromatic carbocycles. The van der Waals surface area contributed by atoms with E-state index in [0.29, 0.717) is 0 Å². The Kier molecular flexibility index (Phi) is 3.51. The molecule has 0 radical (unpaired) electrons. The molecule has 1 saturated carbocycles. The summed E-state index contributed by atoms with van der Waals surface area (Å²) in [6, 6.07) is 0.0330. The molecule has 0 aromatic heterocycles. The van der Waals surface area contributed by atoms with E-state index in [9.17, 15) is 8.42 Å². The highest BCUT2D eigenvalue weighted by atomic mass is 32.2. The van der Waals surface area contributed by atoms with Crippen molar-refractivity contribution in [3.8, 4) is 0 Å². The van der Waals surface area contributed by atoms with Crippen molar-refractivity contribution >= 4 is 10.0 Å². The normalized spacial score (nSPS) is 18.1. The van der Waals surface area contributed by atoms with Gasteiger partial charge in [-0.2, -0.15) is 0 Å². The van der Waals surface area contributed by atoms with E-state index in [1.807, 2.05) is 13.8 Å². The minimum Gasteiger partial charge on any atom is -0.212 e. The van der Waals surface area contributed by atoms with Crippen LogP contribution in [0.25, 0.3) is 0 Å². The van der Waals surface area contributed by atoms with Gasteiger partial charge in [0.2, 0.25) is 10.0 Å². The molecule has 0 heterocycles. The number of hydrogen-bond donors (Lipinski definition) is 1. The third-order valence-corrected chi connectivity index (χ3v) is 3.51. The van der Waals surface area contributed by atoms with Gasteiger partial charge in [0.15, 0.2) is 0 Å². The second kappa shape index (κ2) is 3.54. The molecule has 68 valence electrons. The molecule has 0 saturated heterocycles. The van der Waals surface area contributed by atoms with Crippen LogP contribution in [0.15, 0.2) is 0 Å². The lowest BCUT2D eigenvalue weighted by molar-refractivity contribution is 0.568. The molecule has 0 aliphatic heterocycles. The molecular weight excluding hydrogens is 162 g/mol. The van der Waals surface area contributed by atoms with Crippen LogP contribution in [-0.2, 0) is 10.0 Å². The summed E-state index contributed by atoms with van der Waals surface area (Å²) in [5.41, 5.74) is 0. The first-order valence-corrected chi connectivity index (χ1v) is 5.08. The first kappa shape index (κ1) is 10.9. The van der Waals surface area contributed by atoms with E-state index < -0.39 is 10.0 Å². The van der Waals surface area contributed by atoms with Crippen molar-refractivity contribution in [1.29, 1.82) is 0 Å². The number of hydrogen-bond acceptors (Lipinski definition) is 2. The van der Waals surface area contributed by atoms with Crippen LogP contribution in [0, 0.1) is 0 Å². The Morgan fingerprint density at radius 1 is 1.36 bits per heavy atom. The molecule has 0 spiro atoms. The molecule has 0 bridgehead atoms. The van der Waals surface area contributed by atoms with E-state index in [-0.39, 0.29) is 18.7 Å². The van der Waals surface area contributed by atoms with Crippen LogP contribution in [0.4, 0.5) is 0 Å². The first-order valence-electron chi connectivity index (χ1n) is 3.53. The average molecular weight is 179 g/mol. The standard InChI is InChI=1S/C6H13NO2S.CH4/c1-5(2)7-10(8,9)6-3-4-6;/h5-7H,3-4H2,1-2H3;1H4. The summed E-state index contributed by atoms with van der Waals surface area (Å²) >= 11 is 0. The Hall–Kier alpha value is -0.0900. The van der Waals surface area contributed by atoms with Crippen molar-refractivity contribution in [2.45, 2.75) is 45.4 Å². The second-order valence-electron chi connectivity index (χ2n) is 3.02. The maximum absolute atomic E-state index is 11.1. The fourth-order valence-corrected chi connectivity index (χ4v) is 2.41. The molecule has 0 atom stereocenters. The molecule has 1 rings (SSSR count). The van der Waals surface area contributed by atoms with Crippen molar-refractivity contribution in [3.05, 3.63) is 0 Å². The van der Waals surface area contributed by atoms with Crippen molar-refractivity contribution in [2.24, 2.45) is 0 Å². The van der Waals surface area contributed by atoms with Gasteiger partial charge >= 0.3 is 0 Å². The third kappa shape index (κ3) is 3.20. The molecule has 1 fully saturated rings. The van der Waals surface area contributed by atoms with E-state index in [1.165, 1.54) is 0 Å². The molecule has 11 heavy (non-hydrogen) atoms. The highest BCUT2D eigenvalue weighted by Crippen LogP contribution is 2.27. The summed E-state index contributed by atoms with van der Waals surface area (Å²) in [6.45, 7) is 3.67. The van der Waals surface area contributed by atoms with Crippen LogP contribution < -0.4 is 4.72 Å². The minimum atomic E-state index is -2.94. The number of nitrogens with one attached hydrogen (secondary N) is 1. The molecule has 0 unspecified atom stereocenters. The molecule has 3 nitrogen and oxygen atoms in total. The molecule has 1 aliphatic carbocycles. The lowest BCUT2D eigenvalue weighted by Crippen LogP contribution is -2.32. The lowest BCUT2D eigenvalue weighted by atomic mass is 10.4. The monoisotopic (exact) mass is 179 g/mol. The zero-order chi connectivity index (χ0) is 7.78. The van der Waals surface area contributed by atoms with Gasteiger partial charge < -0.3 is 0 Å². The molecule has 0 aromatic rings. The van der Waals surface area contributed by atoms with Crippen molar-refractivity contribution in [3.63, 3.8) is 0 Å². The number of sulfonamides is 1. The van der Waals surface area contributed by atoms with Crippen molar-refractivity contribution in [1.82, 2.24) is 4.72 Å². The highest BCUT2D eigenvalue weighted by Gasteiger charge is 2.35. The van der Waals surface area contributed by atoms with Gasteiger partial charge in [-0.05, 0) is 26.7 Å². The van der Waals surface area contributed by atoms with E-state index in [1.54, 1.807) is 0 Å². The van der Waals surface area contributed by atoms with Crippen LogP contribution >= 0.6 is 0 Å². The van der Waals surface area contributed by atoms with Crippen LogP contribution in [0.3, 0.4) is 0 Å². The molecule has 1 aliphatic rings. The fraction of sp³-hybridized carbons (Fsp3) is 1.00. The average Bonchev–Trinajstić information content (AvgIpc) is 2.35. The van der Waals surface area contributed by atoms with Crippen molar-refractivity contribution < 1.29 is 8.42 Å². The summed E-state index contributed by atoms with van der Waals surface area (Å²) in [6.07, 6.45) is 1.67. The second-order valence-corrected chi connectivity index (χ2v) is 5.01. The molecule has 4 heteroatoms. The zero-order valence-corrected chi connectivity index (χ0v) is 7.11. The lowest BCUT2D eigenvalue weighted by Gasteiger charge is -2.07. The summed E-state index contributed by atoms with van der Waals surface area (Å²) in [7, 11) is -2.94. The Morgan fingerprint density at radius 3 is 2.09 bits per heavy atom. The zero-order valence-electron chi connectivity index (χ0n) is 6.29. The van der Waals surface area contributed by atoms with Gasteiger partial charge in [0.05, 0.1) is 5.25 Å². The quantitative estimate of drug-likeness (QED) is 0.705. The van der Waals surface area contributed by atoms with Crippen molar-refractivity contribution in [2.75, 3.05) is 0 Å². The Balaban J connectivity index is 0.000001000. The van der Waals surface area contributed by atoms with E-state index in [4.69, 9.17) is 0 Å². The van der Waals surface area contributed by atoms with Gasteiger partial charge in [0, 0.05) is 6.04 Å². The fourth-order valence-electron chi connectivity index (χ4n) is 0.803. The topological polar surface area (TPSA) is 46.2 Å². The van der Waals surface area contributed by atoms with Gasteiger partial charge in [0.1, 0.15) is 0 Å². The van der Waals surface area contributed by atoms with Gasteiger partial charge in [-0.3, -0.25) is 0 Å². The smallest absolute Gasteiger partial charge is 0.212 e. The van der Waals surface area contributed by atoms with E-state index >= 15 is 0 Å².